The first kappa shape index (κ1) is 17.8. The number of nitro benzene ring substituents is 2. The molecule has 1 fully saturated rings. The number of carbonyl (C=O) groups excluding carboxylic acids is 1. The van der Waals surface area contributed by atoms with Gasteiger partial charge in [-0.3, -0.25) is 25.0 Å². The zero-order valence-corrected chi connectivity index (χ0v) is 14.0. The molecule has 1 N–H and O–H groups in total. The lowest BCUT2D eigenvalue weighted by Crippen LogP contribution is -2.57. The minimum atomic E-state index is -0.616. The third kappa shape index (κ3) is 3.81. The minimum absolute atomic E-state index is 0.0130. The minimum Gasteiger partial charge on any atom is -0.458 e. The maximum Gasteiger partial charge on any atom is 0.328 e. The van der Waals surface area contributed by atoms with Gasteiger partial charge < -0.3 is 4.74 Å². The van der Waals surface area contributed by atoms with Crippen molar-refractivity contribution in [3.8, 4) is 0 Å². The Hall–Kier alpha value is -2.98. The quantitative estimate of drug-likeness (QED) is 0.339. The van der Waals surface area contributed by atoms with Gasteiger partial charge in [-0.05, 0) is 23.6 Å². The van der Waals surface area contributed by atoms with Crippen LogP contribution >= 0.6 is 11.9 Å². The number of non-ortho nitro benzene ring substituents is 1. The Labute approximate surface area is 151 Å². The van der Waals surface area contributed by atoms with Crippen LogP contribution in [-0.2, 0) is 16.0 Å². The molecule has 2 aromatic carbocycles. The molecule has 0 aromatic heterocycles. The number of benzene rings is 2. The van der Waals surface area contributed by atoms with Gasteiger partial charge in [-0.1, -0.05) is 24.3 Å². The Balaban J connectivity index is 1.62. The molecule has 1 saturated heterocycles. The summed E-state index contributed by atoms with van der Waals surface area (Å²) in [6.07, 6.45) is -0.0574. The molecule has 2 aromatic rings. The highest BCUT2D eigenvalue weighted by Crippen LogP contribution is 2.29. The van der Waals surface area contributed by atoms with Crippen molar-refractivity contribution in [3.63, 3.8) is 0 Å². The van der Waals surface area contributed by atoms with E-state index < -0.39 is 28.0 Å². The molecular weight excluding hydrogens is 362 g/mol. The number of carbonyl (C=O) groups is 1. The van der Waals surface area contributed by atoms with E-state index in [9.17, 15) is 25.0 Å². The van der Waals surface area contributed by atoms with Crippen molar-refractivity contribution >= 4 is 29.3 Å². The molecule has 0 bridgehead atoms. The number of nitrogens with zero attached hydrogens (tertiary/aromatic N) is 2. The molecular formula is C16H13N3O6S. The third-order valence-electron chi connectivity index (χ3n) is 3.84. The number of hydrogen-bond acceptors (Lipinski definition) is 8. The summed E-state index contributed by atoms with van der Waals surface area (Å²) < 4.78 is 8.03. The van der Waals surface area contributed by atoms with E-state index >= 15 is 0 Å². The first-order valence-corrected chi connectivity index (χ1v) is 8.37. The summed E-state index contributed by atoms with van der Waals surface area (Å²) in [6, 6.07) is 11.6. The molecule has 134 valence electrons. The van der Waals surface area contributed by atoms with Crippen LogP contribution in [0, 0.1) is 20.2 Å². The Bertz CT molecular complexity index is 857. The van der Waals surface area contributed by atoms with Crippen LogP contribution in [0.2, 0.25) is 0 Å². The van der Waals surface area contributed by atoms with E-state index in [-0.39, 0.29) is 11.4 Å². The van der Waals surface area contributed by atoms with Crippen LogP contribution in [0.15, 0.2) is 53.4 Å². The van der Waals surface area contributed by atoms with E-state index in [0.717, 1.165) is 17.5 Å². The Morgan fingerprint density at radius 3 is 2.35 bits per heavy atom. The second kappa shape index (κ2) is 7.50. The van der Waals surface area contributed by atoms with Gasteiger partial charge in [0.25, 0.3) is 11.4 Å². The van der Waals surface area contributed by atoms with E-state index in [4.69, 9.17) is 4.74 Å². The number of nitrogens with one attached hydrogen (secondary N) is 1. The summed E-state index contributed by atoms with van der Waals surface area (Å²) in [5.74, 6) is -0.442. The normalized spacial score (nSPS) is 18.7. The fourth-order valence-electron chi connectivity index (χ4n) is 2.46. The molecule has 0 saturated carbocycles. The summed E-state index contributed by atoms with van der Waals surface area (Å²) in [4.78, 5) is 32.8. The average Bonchev–Trinajstić information content (AvgIpc) is 2.62. The fraction of sp³-hybridized carbons (Fsp3) is 0.188. The van der Waals surface area contributed by atoms with Crippen molar-refractivity contribution in [2.24, 2.45) is 0 Å². The maximum atomic E-state index is 11.7. The Kier molecular flexibility index (Phi) is 5.14. The zero-order valence-electron chi connectivity index (χ0n) is 13.2. The SMILES string of the molecule is O=C1O[C@H](Cc2ccc([N+](=O)[O-])cc2)[C@@H]1NSc1ccccc1[N+](=O)[O-]. The van der Waals surface area contributed by atoms with Gasteiger partial charge in [0.2, 0.25) is 0 Å². The molecule has 2 atom stereocenters. The molecule has 10 heteroatoms. The summed E-state index contributed by atoms with van der Waals surface area (Å²) in [5.41, 5.74) is 0.723. The number of esters is 1. The van der Waals surface area contributed by atoms with Crippen molar-refractivity contribution in [1.82, 2.24) is 4.72 Å². The average molecular weight is 375 g/mol. The van der Waals surface area contributed by atoms with Crippen LogP contribution in [0.1, 0.15) is 5.56 Å². The molecule has 0 spiro atoms. The van der Waals surface area contributed by atoms with Gasteiger partial charge in [0.15, 0.2) is 6.04 Å². The Morgan fingerprint density at radius 1 is 1.04 bits per heavy atom. The van der Waals surface area contributed by atoms with Crippen LogP contribution in [0.4, 0.5) is 11.4 Å². The molecule has 1 heterocycles. The van der Waals surface area contributed by atoms with Crippen molar-refractivity contribution in [2.75, 3.05) is 0 Å². The van der Waals surface area contributed by atoms with Gasteiger partial charge >= 0.3 is 5.97 Å². The van der Waals surface area contributed by atoms with Crippen molar-refractivity contribution in [3.05, 3.63) is 74.3 Å². The van der Waals surface area contributed by atoms with Gasteiger partial charge in [0.05, 0.1) is 9.85 Å². The zero-order chi connectivity index (χ0) is 18.7. The number of hydrogen-bond donors (Lipinski definition) is 1. The third-order valence-corrected chi connectivity index (χ3v) is 4.77. The lowest BCUT2D eigenvalue weighted by Gasteiger charge is -2.35. The largest absolute Gasteiger partial charge is 0.458 e. The fourth-order valence-corrected chi connectivity index (χ4v) is 3.36. The number of nitro groups is 2. The number of ether oxygens (including phenoxy) is 1. The topological polar surface area (TPSA) is 125 Å². The summed E-state index contributed by atoms with van der Waals surface area (Å²) in [5, 5.41) is 21.7. The second-order valence-corrected chi connectivity index (χ2v) is 6.41. The molecule has 0 amide bonds. The standard InChI is InChI=1S/C16H13N3O6S/c20-16-15(17-26-14-4-2-1-3-12(14)19(23)24)13(25-16)9-10-5-7-11(8-6-10)18(21)22/h1-8,13,15,17H,9H2/t13-,15+/m1/s1. The van der Waals surface area contributed by atoms with Gasteiger partial charge in [0, 0.05) is 24.6 Å². The predicted octanol–water partition coefficient (Wildman–Crippen LogP) is 2.64. The van der Waals surface area contributed by atoms with E-state index in [1.807, 2.05) is 0 Å². The van der Waals surface area contributed by atoms with Crippen molar-refractivity contribution in [2.45, 2.75) is 23.5 Å². The van der Waals surface area contributed by atoms with E-state index in [1.165, 1.54) is 18.2 Å². The molecule has 0 unspecified atom stereocenters. The van der Waals surface area contributed by atoms with Crippen LogP contribution in [0.3, 0.4) is 0 Å². The summed E-state index contributed by atoms with van der Waals surface area (Å²) in [6.45, 7) is 0. The summed E-state index contributed by atoms with van der Waals surface area (Å²) in [7, 11) is 0. The van der Waals surface area contributed by atoms with Crippen LogP contribution in [0.5, 0.6) is 0 Å². The van der Waals surface area contributed by atoms with Gasteiger partial charge in [-0.15, -0.1) is 0 Å². The highest BCUT2D eigenvalue weighted by atomic mass is 32.2. The molecule has 26 heavy (non-hydrogen) atoms. The first-order valence-electron chi connectivity index (χ1n) is 7.55. The monoisotopic (exact) mass is 375 g/mol. The highest BCUT2D eigenvalue weighted by molar-refractivity contribution is 7.97. The van der Waals surface area contributed by atoms with Crippen LogP contribution in [0.25, 0.3) is 0 Å². The predicted molar refractivity (Wildman–Crippen MR) is 92.6 cm³/mol. The molecule has 0 aliphatic carbocycles. The first-order chi connectivity index (χ1) is 12.5. The molecule has 1 aliphatic heterocycles. The number of para-hydroxylation sites is 1. The molecule has 3 rings (SSSR count). The number of cyclic esters (lactones) is 1. The summed E-state index contributed by atoms with van der Waals surface area (Å²) >= 11 is 1.00. The van der Waals surface area contributed by atoms with Gasteiger partial charge in [0.1, 0.15) is 11.0 Å². The molecule has 9 nitrogen and oxygen atoms in total. The smallest absolute Gasteiger partial charge is 0.328 e. The van der Waals surface area contributed by atoms with Crippen molar-refractivity contribution < 1.29 is 19.4 Å². The van der Waals surface area contributed by atoms with Crippen LogP contribution in [-0.4, -0.2) is 28.0 Å². The number of rotatable bonds is 7. The highest BCUT2D eigenvalue weighted by Gasteiger charge is 2.42. The van der Waals surface area contributed by atoms with Crippen molar-refractivity contribution in [1.29, 1.82) is 0 Å². The van der Waals surface area contributed by atoms with E-state index in [0.29, 0.717) is 11.3 Å². The maximum absolute atomic E-state index is 11.7. The lowest BCUT2D eigenvalue weighted by molar-refractivity contribution is -0.387. The Morgan fingerprint density at radius 2 is 1.73 bits per heavy atom. The van der Waals surface area contributed by atoms with E-state index in [2.05, 4.69) is 4.72 Å². The molecule has 1 aliphatic rings. The molecule has 0 radical (unpaired) electrons. The van der Waals surface area contributed by atoms with Gasteiger partial charge in [-0.25, -0.2) is 4.72 Å². The second-order valence-electron chi connectivity index (χ2n) is 5.53. The lowest BCUT2D eigenvalue weighted by atomic mass is 9.98. The van der Waals surface area contributed by atoms with E-state index in [1.54, 1.807) is 30.3 Å². The van der Waals surface area contributed by atoms with Crippen LogP contribution < -0.4 is 4.72 Å². The van der Waals surface area contributed by atoms with Gasteiger partial charge in [-0.2, -0.15) is 0 Å².